The largest absolute Gasteiger partial charge is 0.378 e. The van der Waals surface area contributed by atoms with E-state index < -0.39 is 0 Å². The summed E-state index contributed by atoms with van der Waals surface area (Å²) in [7, 11) is 0. The maximum absolute atomic E-state index is 6.20. The van der Waals surface area contributed by atoms with Gasteiger partial charge in [-0.1, -0.05) is 48.0 Å². The molecule has 0 spiro atoms. The summed E-state index contributed by atoms with van der Waals surface area (Å²) in [5, 5.41) is 4.61. The molecular formula is C14H17Cl2N. The first-order chi connectivity index (χ1) is 7.95. The highest BCUT2D eigenvalue weighted by atomic mass is 35.5. The van der Waals surface area contributed by atoms with Crippen LogP contribution >= 0.6 is 23.2 Å². The van der Waals surface area contributed by atoms with E-state index in [1.165, 1.54) is 0 Å². The Kier molecular flexibility index (Phi) is 5.10. The lowest BCUT2D eigenvalue weighted by molar-refractivity contribution is 0.665. The van der Waals surface area contributed by atoms with Crippen LogP contribution in [0.5, 0.6) is 0 Å². The van der Waals surface area contributed by atoms with Gasteiger partial charge in [-0.05, 0) is 38.0 Å². The summed E-state index contributed by atoms with van der Waals surface area (Å²) in [6.07, 6.45) is 1.81. The fourth-order valence-corrected chi connectivity index (χ4v) is 2.02. The Morgan fingerprint density at radius 1 is 1.47 bits per heavy atom. The monoisotopic (exact) mass is 269 g/mol. The first kappa shape index (κ1) is 14.1. The van der Waals surface area contributed by atoms with Crippen molar-refractivity contribution in [1.29, 1.82) is 0 Å². The maximum Gasteiger partial charge on any atom is 0.0588 e. The second kappa shape index (κ2) is 6.13. The van der Waals surface area contributed by atoms with E-state index in [-0.39, 0.29) is 6.04 Å². The average molecular weight is 270 g/mol. The number of hydrogen-bond acceptors (Lipinski definition) is 1. The summed E-state index contributed by atoms with van der Waals surface area (Å²) in [6.45, 7) is 9.80. The third-order valence-electron chi connectivity index (χ3n) is 2.55. The van der Waals surface area contributed by atoms with Gasteiger partial charge < -0.3 is 5.32 Å². The van der Waals surface area contributed by atoms with Gasteiger partial charge in [-0.2, -0.15) is 0 Å². The third kappa shape index (κ3) is 3.79. The zero-order valence-corrected chi connectivity index (χ0v) is 11.9. The van der Waals surface area contributed by atoms with Crippen LogP contribution in [0.1, 0.15) is 31.0 Å². The molecule has 0 amide bonds. The van der Waals surface area contributed by atoms with Crippen molar-refractivity contribution < 1.29 is 0 Å². The van der Waals surface area contributed by atoms with Gasteiger partial charge >= 0.3 is 0 Å². The molecule has 0 heterocycles. The molecule has 0 aliphatic heterocycles. The number of nitrogens with one attached hydrogen (secondary N) is 1. The third-order valence-corrected chi connectivity index (χ3v) is 3.33. The molecule has 0 aromatic heterocycles. The summed E-state index contributed by atoms with van der Waals surface area (Å²) in [6, 6.07) is 6.09. The molecule has 0 radical (unpaired) electrons. The Balaban J connectivity index is 2.83. The first-order valence-electron chi connectivity index (χ1n) is 5.49. The van der Waals surface area contributed by atoms with Crippen LogP contribution in [-0.2, 0) is 0 Å². The Morgan fingerprint density at radius 3 is 2.65 bits per heavy atom. The molecule has 0 saturated heterocycles. The van der Waals surface area contributed by atoms with Crippen molar-refractivity contribution in [3.63, 3.8) is 0 Å². The van der Waals surface area contributed by atoms with Gasteiger partial charge in [0, 0.05) is 10.7 Å². The van der Waals surface area contributed by atoms with Crippen molar-refractivity contribution in [2.75, 3.05) is 0 Å². The molecule has 3 heteroatoms. The molecule has 1 aromatic carbocycles. The zero-order valence-electron chi connectivity index (χ0n) is 10.3. The van der Waals surface area contributed by atoms with E-state index in [4.69, 9.17) is 23.2 Å². The highest BCUT2D eigenvalue weighted by Gasteiger charge is 2.10. The molecule has 1 rings (SSSR count). The molecule has 0 saturated carbocycles. The number of hydrogen-bond donors (Lipinski definition) is 1. The quantitative estimate of drug-likeness (QED) is 0.763. The second-order valence-corrected chi connectivity index (χ2v) is 4.82. The van der Waals surface area contributed by atoms with Crippen molar-refractivity contribution in [2.24, 2.45) is 0 Å². The van der Waals surface area contributed by atoms with E-state index in [1.807, 2.05) is 39.0 Å². The second-order valence-electron chi connectivity index (χ2n) is 4.01. The predicted octanol–water partition coefficient (Wildman–Crippen LogP) is 4.96. The van der Waals surface area contributed by atoms with Crippen molar-refractivity contribution in [3.8, 4) is 0 Å². The lowest BCUT2D eigenvalue weighted by Crippen LogP contribution is -2.18. The molecule has 0 aliphatic rings. The normalized spacial score (nSPS) is 13.4. The Labute approximate surface area is 113 Å². The molecule has 1 aromatic rings. The van der Waals surface area contributed by atoms with E-state index in [1.54, 1.807) is 6.08 Å². The Bertz CT molecular complexity index is 450. The van der Waals surface area contributed by atoms with Crippen molar-refractivity contribution in [3.05, 3.63) is 57.7 Å². The van der Waals surface area contributed by atoms with Gasteiger partial charge in [-0.15, -0.1) is 0 Å². The molecule has 1 unspecified atom stereocenters. The number of allylic oxidation sites excluding steroid dienone is 2. The lowest BCUT2D eigenvalue weighted by Gasteiger charge is -2.18. The topological polar surface area (TPSA) is 12.0 Å². The summed E-state index contributed by atoms with van der Waals surface area (Å²) in [5.41, 5.74) is 2.90. The van der Waals surface area contributed by atoms with E-state index in [2.05, 4.69) is 11.9 Å². The minimum atomic E-state index is 0.0734. The molecule has 0 aliphatic carbocycles. The summed E-state index contributed by atoms with van der Waals surface area (Å²) >= 11 is 12.2. The molecule has 92 valence electrons. The molecule has 0 bridgehead atoms. The fourth-order valence-electron chi connectivity index (χ4n) is 1.57. The number of halogens is 2. The van der Waals surface area contributed by atoms with Crippen molar-refractivity contribution >= 4 is 23.2 Å². The van der Waals surface area contributed by atoms with Gasteiger partial charge in [-0.3, -0.25) is 0 Å². The van der Waals surface area contributed by atoms with Gasteiger partial charge in [0.25, 0.3) is 0 Å². The summed E-state index contributed by atoms with van der Waals surface area (Å²) in [4.78, 5) is 0. The van der Waals surface area contributed by atoms with E-state index in [0.717, 1.165) is 16.1 Å². The van der Waals surface area contributed by atoms with Gasteiger partial charge in [0.2, 0.25) is 0 Å². The molecule has 1 nitrogen and oxygen atoms in total. The zero-order chi connectivity index (χ0) is 13.0. The lowest BCUT2D eigenvalue weighted by atomic mass is 10.1. The van der Waals surface area contributed by atoms with Gasteiger partial charge in [0.1, 0.15) is 0 Å². The minimum absolute atomic E-state index is 0.0734. The molecule has 1 N–H and O–H groups in total. The maximum atomic E-state index is 6.20. The molecule has 17 heavy (non-hydrogen) atoms. The average Bonchev–Trinajstić information content (AvgIpc) is 2.27. The molecule has 0 fully saturated rings. The first-order valence-corrected chi connectivity index (χ1v) is 6.25. The van der Waals surface area contributed by atoms with Crippen LogP contribution in [0.3, 0.4) is 0 Å². The van der Waals surface area contributed by atoms with Crippen LogP contribution < -0.4 is 5.32 Å². The fraction of sp³-hybridized carbons (Fsp3) is 0.286. The minimum Gasteiger partial charge on any atom is -0.378 e. The van der Waals surface area contributed by atoms with Crippen LogP contribution in [0.25, 0.3) is 0 Å². The van der Waals surface area contributed by atoms with Crippen LogP contribution in [0.2, 0.25) is 5.02 Å². The van der Waals surface area contributed by atoms with Crippen LogP contribution in [-0.4, -0.2) is 0 Å². The van der Waals surface area contributed by atoms with Crippen LogP contribution in [0.4, 0.5) is 0 Å². The standard InChI is InChI=1S/C14H17Cl2N/c1-5-13(15)11(4)17-10(3)12-7-6-9(2)8-14(12)16/h5-8,10,17H,4H2,1-3H3/b13-5+. The van der Waals surface area contributed by atoms with E-state index in [9.17, 15) is 0 Å². The van der Waals surface area contributed by atoms with E-state index >= 15 is 0 Å². The van der Waals surface area contributed by atoms with Crippen molar-refractivity contribution in [1.82, 2.24) is 5.32 Å². The van der Waals surface area contributed by atoms with Crippen LogP contribution in [0, 0.1) is 6.92 Å². The Hall–Kier alpha value is -0.920. The predicted molar refractivity (Wildman–Crippen MR) is 76.5 cm³/mol. The SMILES string of the molecule is C=C(NC(C)c1ccc(C)cc1Cl)/C(Cl)=C\C. The molecule has 1 atom stereocenters. The smallest absolute Gasteiger partial charge is 0.0588 e. The summed E-state index contributed by atoms with van der Waals surface area (Å²) < 4.78 is 0. The number of rotatable bonds is 4. The van der Waals surface area contributed by atoms with Crippen LogP contribution in [0.15, 0.2) is 41.6 Å². The summed E-state index contributed by atoms with van der Waals surface area (Å²) in [5.74, 6) is 0. The van der Waals surface area contributed by atoms with E-state index in [0.29, 0.717) is 10.7 Å². The number of aryl methyl sites for hydroxylation is 1. The van der Waals surface area contributed by atoms with Gasteiger partial charge in [0.15, 0.2) is 0 Å². The Morgan fingerprint density at radius 2 is 2.12 bits per heavy atom. The molecular weight excluding hydrogens is 253 g/mol. The highest BCUT2D eigenvalue weighted by Crippen LogP contribution is 2.25. The van der Waals surface area contributed by atoms with Gasteiger partial charge in [0.05, 0.1) is 11.1 Å². The van der Waals surface area contributed by atoms with Crippen molar-refractivity contribution in [2.45, 2.75) is 26.8 Å². The number of benzene rings is 1. The highest BCUT2D eigenvalue weighted by molar-refractivity contribution is 6.32. The van der Waals surface area contributed by atoms with Gasteiger partial charge in [-0.25, -0.2) is 0 Å².